The van der Waals surface area contributed by atoms with Crippen molar-refractivity contribution in [2.75, 3.05) is 31.9 Å². The van der Waals surface area contributed by atoms with Crippen LogP contribution in [-0.2, 0) is 9.59 Å². The third kappa shape index (κ3) is 4.46. The Balaban J connectivity index is 1.70. The molecule has 1 atom stereocenters. The average molecular weight is 391 g/mol. The number of hydrogen-bond donors (Lipinski definition) is 1. The van der Waals surface area contributed by atoms with Gasteiger partial charge in [-0.2, -0.15) is 0 Å². The molecule has 3 rings (SSSR count). The predicted molar refractivity (Wildman–Crippen MR) is 104 cm³/mol. The van der Waals surface area contributed by atoms with Crippen molar-refractivity contribution in [3.05, 3.63) is 29.8 Å². The van der Waals surface area contributed by atoms with Gasteiger partial charge >= 0.3 is 5.97 Å². The van der Waals surface area contributed by atoms with E-state index in [1.54, 1.807) is 24.0 Å². The third-order valence-corrected chi connectivity index (χ3v) is 6.49. The molecule has 0 aromatic heterocycles. The first-order valence-corrected chi connectivity index (χ1v) is 10.4. The molecule has 0 bridgehead atoms. The highest BCUT2D eigenvalue weighted by atomic mass is 32.2. The Morgan fingerprint density at radius 2 is 1.74 bits per heavy atom. The highest BCUT2D eigenvalue weighted by Gasteiger charge is 2.39. The fourth-order valence-corrected chi connectivity index (χ4v) is 4.67. The van der Waals surface area contributed by atoms with Crippen molar-refractivity contribution in [2.24, 2.45) is 5.41 Å². The summed E-state index contributed by atoms with van der Waals surface area (Å²) in [6.07, 6.45) is 3.37. The van der Waals surface area contributed by atoms with Gasteiger partial charge in [0.05, 0.1) is 16.7 Å². The zero-order valence-electron chi connectivity index (χ0n) is 15.6. The zero-order chi connectivity index (χ0) is 19.4. The number of thioether (sulfide) groups is 1. The lowest BCUT2D eigenvalue weighted by Crippen LogP contribution is -2.48. The number of carboxylic acids is 1. The van der Waals surface area contributed by atoms with Crippen molar-refractivity contribution < 1.29 is 19.5 Å². The molecule has 27 heavy (non-hydrogen) atoms. The molecule has 0 aliphatic carbocycles. The molecular formula is C20H26N2O4S. The van der Waals surface area contributed by atoms with E-state index in [0.717, 1.165) is 30.8 Å². The topological polar surface area (TPSA) is 77.9 Å². The van der Waals surface area contributed by atoms with Crippen molar-refractivity contribution in [3.63, 3.8) is 0 Å². The SMILES string of the molecule is CC1(C(=O)O)CCCN(C(=O)c2ccccc2SCC(=O)N2CCCC2)C1. The molecule has 2 saturated heterocycles. The molecule has 7 heteroatoms. The number of carbonyl (C=O) groups excluding carboxylic acids is 2. The minimum absolute atomic E-state index is 0.108. The van der Waals surface area contributed by atoms with Crippen LogP contribution in [0.5, 0.6) is 0 Å². The van der Waals surface area contributed by atoms with Gasteiger partial charge in [-0.25, -0.2) is 0 Å². The third-order valence-electron chi connectivity index (χ3n) is 5.43. The van der Waals surface area contributed by atoms with Crippen LogP contribution in [0.2, 0.25) is 0 Å². The van der Waals surface area contributed by atoms with Gasteiger partial charge in [0, 0.05) is 31.1 Å². The summed E-state index contributed by atoms with van der Waals surface area (Å²) < 4.78 is 0. The van der Waals surface area contributed by atoms with Crippen LogP contribution in [0.15, 0.2) is 29.2 Å². The molecular weight excluding hydrogens is 364 g/mol. The lowest BCUT2D eigenvalue weighted by atomic mass is 9.82. The molecule has 1 aromatic rings. The fraction of sp³-hybridized carbons (Fsp3) is 0.550. The van der Waals surface area contributed by atoms with Gasteiger partial charge < -0.3 is 14.9 Å². The molecule has 2 heterocycles. The van der Waals surface area contributed by atoms with Gasteiger partial charge in [0.2, 0.25) is 5.91 Å². The van der Waals surface area contributed by atoms with Gasteiger partial charge in [-0.05, 0) is 44.7 Å². The van der Waals surface area contributed by atoms with Crippen LogP contribution >= 0.6 is 11.8 Å². The number of aliphatic carboxylic acids is 1. The number of piperidine rings is 1. The maximum absolute atomic E-state index is 13.1. The van der Waals surface area contributed by atoms with Crippen LogP contribution in [0, 0.1) is 5.41 Å². The standard InChI is InChI=1S/C20H26N2O4S/c1-20(19(25)26)9-6-12-22(14-20)18(24)15-7-2-3-8-16(15)27-13-17(23)21-10-4-5-11-21/h2-3,7-8H,4-6,9-14H2,1H3,(H,25,26). The summed E-state index contributed by atoms with van der Waals surface area (Å²) in [5.74, 6) is -0.592. The molecule has 1 unspecified atom stereocenters. The molecule has 6 nitrogen and oxygen atoms in total. The van der Waals surface area contributed by atoms with Crippen molar-refractivity contribution in [1.82, 2.24) is 9.80 Å². The first-order valence-electron chi connectivity index (χ1n) is 9.43. The van der Waals surface area contributed by atoms with Crippen molar-refractivity contribution in [2.45, 2.75) is 37.5 Å². The number of benzene rings is 1. The number of nitrogens with zero attached hydrogens (tertiary/aromatic N) is 2. The predicted octanol–water partition coefficient (Wildman–Crippen LogP) is 2.73. The quantitative estimate of drug-likeness (QED) is 0.782. The molecule has 0 radical (unpaired) electrons. The van der Waals surface area contributed by atoms with Crippen LogP contribution in [0.1, 0.15) is 43.0 Å². The summed E-state index contributed by atoms with van der Waals surface area (Å²) in [7, 11) is 0. The van der Waals surface area contributed by atoms with Crippen molar-refractivity contribution in [1.29, 1.82) is 0 Å². The van der Waals surface area contributed by atoms with Gasteiger partial charge in [-0.1, -0.05) is 12.1 Å². The molecule has 0 spiro atoms. The number of carbonyl (C=O) groups is 3. The number of amides is 2. The van der Waals surface area contributed by atoms with E-state index in [0.29, 0.717) is 30.7 Å². The van der Waals surface area contributed by atoms with E-state index in [2.05, 4.69) is 0 Å². The van der Waals surface area contributed by atoms with E-state index in [1.165, 1.54) is 11.8 Å². The van der Waals surface area contributed by atoms with Crippen LogP contribution in [-0.4, -0.2) is 64.6 Å². The van der Waals surface area contributed by atoms with Crippen LogP contribution in [0.3, 0.4) is 0 Å². The number of likely N-dealkylation sites (tertiary alicyclic amines) is 2. The Kier molecular flexibility index (Phi) is 6.09. The summed E-state index contributed by atoms with van der Waals surface area (Å²) >= 11 is 1.39. The summed E-state index contributed by atoms with van der Waals surface area (Å²) in [5, 5.41) is 9.49. The molecule has 146 valence electrons. The normalized spacial score (nSPS) is 22.7. The van der Waals surface area contributed by atoms with E-state index < -0.39 is 11.4 Å². The Morgan fingerprint density at radius 3 is 2.44 bits per heavy atom. The summed E-state index contributed by atoms with van der Waals surface area (Å²) in [6, 6.07) is 7.28. The second-order valence-corrected chi connectivity index (χ2v) is 8.59. The Labute approximate surface area is 163 Å². The first kappa shape index (κ1) is 19.7. The molecule has 2 aliphatic rings. The van der Waals surface area contributed by atoms with Gasteiger partial charge in [0.1, 0.15) is 0 Å². The maximum atomic E-state index is 13.1. The number of rotatable bonds is 5. The highest BCUT2D eigenvalue weighted by Crippen LogP contribution is 2.32. The van der Waals surface area contributed by atoms with E-state index in [1.807, 2.05) is 17.0 Å². The van der Waals surface area contributed by atoms with Crippen LogP contribution in [0.4, 0.5) is 0 Å². The molecule has 1 aromatic carbocycles. The van der Waals surface area contributed by atoms with E-state index in [9.17, 15) is 19.5 Å². The van der Waals surface area contributed by atoms with Crippen molar-refractivity contribution >= 4 is 29.5 Å². The fourth-order valence-electron chi connectivity index (χ4n) is 3.72. The first-order chi connectivity index (χ1) is 12.9. The summed E-state index contributed by atoms with van der Waals surface area (Å²) in [4.78, 5) is 41.2. The minimum atomic E-state index is -0.901. The van der Waals surface area contributed by atoms with Gasteiger partial charge in [-0.3, -0.25) is 14.4 Å². The Hall–Kier alpha value is -2.02. The lowest BCUT2D eigenvalue weighted by molar-refractivity contribution is -0.150. The lowest BCUT2D eigenvalue weighted by Gasteiger charge is -2.37. The monoisotopic (exact) mass is 390 g/mol. The largest absolute Gasteiger partial charge is 0.481 e. The van der Waals surface area contributed by atoms with Crippen LogP contribution in [0.25, 0.3) is 0 Å². The summed E-state index contributed by atoms with van der Waals surface area (Å²) in [6.45, 7) is 4.12. The van der Waals surface area contributed by atoms with E-state index >= 15 is 0 Å². The second kappa shape index (κ2) is 8.33. The highest BCUT2D eigenvalue weighted by molar-refractivity contribution is 8.00. The minimum Gasteiger partial charge on any atom is -0.481 e. The van der Waals surface area contributed by atoms with E-state index in [4.69, 9.17) is 0 Å². The number of carboxylic acid groups (broad SMARTS) is 1. The number of hydrogen-bond acceptors (Lipinski definition) is 4. The Bertz CT molecular complexity index is 732. The molecule has 0 saturated carbocycles. The summed E-state index contributed by atoms with van der Waals surface area (Å²) in [5.41, 5.74) is -0.354. The van der Waals surface area contributed by atoms with Gasteiger partial charge in [0.25, 0.3) is 5.91 Å². The second-order valence-electron chi connectivity index (χ2n) is 7.57. The Morgan fingerprint density at radius 1 is 1.07 bits per heavy atom. The van der Waals surface area contributed by atoms with Crippen LogP contribution < -0.4 is 0 Å². The van der Waals surface area contributed by atoms with Crippen molar-refractivity contribution in [3.8, 4) is 0 Å². The van der Waals surface area contributed by atoms with E-state index in [-0.39, 0.29) is 18.4 Å². The molecule has 2 fully saturated rings. The maximum Gasteiger partial charge on any atom is 0.311 e. The molecule has 1 N–H and O–H groups in total. The smallest absolute Gasteiger partial charge is 0.311 e. The molecule has 2 amide bonds. The van der Waals surface area contributed by atoms with Gasteiger partial charge in [0.15, 0.2) is 0 Å². The molecule has 2 aliphatic heterocycles. The zero-order valence-corrected chi connectivity index (χ0v) is 16.5. The average Bonchev–Trinajstić information content (AvgIpc) is 3.20. The van der Waals surface area contributed by atoms with Gasteiger partial charge in [-0.15, -0.1) is 11.8 Å².